The van der Waals surface area contributed by atoms with E-state index in [0.717, 1.165) is 35.0 Å². The van der Waals surface area contributed by atoms with Crippen molar-refractivity contribution in [2.45, 2.75) is 50.4 Å². The number of aryl methyl sites for hydroxylation is 1. The number of thiophene rings is 1. The Morgan fingerprint density at radius 3 is 3.04 bits per heavy atom. The van der Waals surface area contributed by atoms with Crippen molar-refractivity contribution in [3.8, 4) is 0 Å². The number of esters is 1. The molecule has 0 saturated carbocycles. The van der Waals surface area contributed by atoms with E-state index in [1.807, 2.05) is 6.92 Å². The largest absolute Gasteiger partial charge is 0.462 e. The number of nitrogens with one attached hydrogen (secondary N) is 1. The Hall–Kier alpha value is -1.38. The van der Waals surface area contributed by atoms with Gasteiger partial charge in [0.25, 0.3) is 5.56 Å². The lowest BCUT2D eigenvalue weighted by molar-refractivity contribution is -0.144. The summed E-state index contributed by atoms with van der Waals surface area (Å²) in [6, 6.07) is 0. The molecule has 0 aliphatic heterocycles. The van der Waals surface area contributed by atoms with Gasteiger partial charge in [0.15, 0.2) is 5.16 Å². The molecule has 6 nitrogen and oxygen atoms in total. The lowest BCUT2D eigenvalue weighted by atomic mass is 9.89. The monoisotopic (exact) mass is 396 g/mol. The molecule has 0 spiro atoms. The van der Waals surface area contributed by atoms with Crippen LogP contribution in [-0.4, -0.2) is 41.0 Å². The van der Waals surface area contributed by atoms with Gasteiger partial charge in [-0.25, -0.2) is 4.98 Å². The first-order chi connectivity index (χ1) is 12.5. The zero-order valence-corrected chi connectivity index (χ0v) is 16.9. The highest BCUT2D eigenvalue weighted by atomic mass is 32.2. The quantitative estimate of drug-likeness (QED) is 0.335. The van der Waals surface area contributed by atoms with Crippen molar-refractivity contribution in [2.24, 2.45) is 5.92 Å². The minimum atomic E-state index is -0.452. The zero-order valence-electron chi connectivity index (χ0n) is 15.3. The predicted molar refractivity (Wildman–Crippen MR) is 104 cm³/mol. The lowest BCUT2D eigenvalue weighted by Crippen LogP contribution is -2.20. The highest BCUT2D eigenvalue weighted by molar-refractivity contribution is 8.00. The molecule has 2 aromatic heterocycles. The second-order valence-electron chi connectivity index (χ2n) is 6.53. The van der Waals surface area contributed by atoms with Crippen molar-refractivity contribution < 1.29 is 14.3 Å². The molecule has 2 aromatic rings. The molecule has 1 aliphatic carbocycles. The molecule has 0 bridgehead atoms. The molecule has 0 saturated heterocycles. The second-order valence-corrected chi connectivity index (χ2v) is 8.94. The molecule has 0 radical (unpaired) electrons. The summed E-state index contributed by atoms with van der Waals surface area (Å²) in [5.41, 5.74) is 1.05. The highest BCUT2D eigenvalue weighted by Gasteiger charge is 2.24. The molecular weight excluding hydrogens is 372 g/mol. The van der Waals surface area contributed by atoms with Crippen LogP contribution in [0.5, 0.6) is 0 Å². The van der Waals surface area contributed by atoms with Crippen molar-refractivity contribution >= 4 is 39.3 Å². The van der Waals surface area contributed by atoms with E-state index < -0.39 is 5.25 Å². The van der Waals surface area contributed by atoms with Crippen LogP contribution in [0.4, 0.5) is 0 Å². The molecule has 0 fully saturated rings. The third-order valence-corrected chi connectivity index (χ3v) is 6.55. The number of aromatic amines is 1. The van der Waals surface area contributed by atoms with Gasteiger partial charge in [0, 0.05) is 11.5 Å². The number of H-pyrrole nitrogens is 1. The molecule has 2 heterocycles. The Labute approximate surface area is 160 Å². The molecule has 26 heavy (non-hydrogen) atoms. The van der Waals surface area contributed by atoms with Gasteiger partial charge in [-0.3, -0.25) is 9.59 Å². The SMILES string of the molecule is CCOCCOC(=O)C(C)Sc1nc2sc3c(c2c(=O)[nH]1)CCC(C)C3. The number of hydrogen-bond acceptors (Lipinski definition) is 7. The number of nitrogens with zero attached hydrogens (tertiary/aromatic N) is 1. The van der Waals surface area contributed by atoms with Crippen LogP contribution >= 0.6 is 23.1 Å². The number of thioether (sulfide) groups is 1. The Bertz CT molecular complexity index is 846. The average molecular weight is 397 g/mol. The van der Waals surface area contributed by atoms with E-state index in [0.29, 0.717) is 24.3 Å². The summed E-state index contributed by atoms with van der Waals surface area (Å²) in [5, 5.41) is 0.739. The summed E-state index contributed by atoms with van der Waals surface area (Å²) in [6.07, 6.45) is 3.07. The van der Waals surface area contributed by atoms with Gasteiger partial charge in [0.1, 0.15) is 16.7 Å². The maximum atomic E-state index is 12.6. The summed E-state index contributed by atoms with van der Waals surface area (Å²) in [7, 11) is 0. The number of rotatable bonds is 7. The van der Waals surface area contributed by atoms with E-state index >= 15 is 0 Å². The number of aromatic nitrogens is 2. The number of carbonyl (C=O) groups excluding carboxylic acids is 1. The Morgan fingerprint density at radius 2 is 2.27 bits per heavy atom. The zero-order chi connectivity index (χ0) is 18.7. The van der Waals surface area contributed by atoms with E-state index in [-0.39, 0.29) is 18.1 Å². The summed E-state index contributed by atoms with van der Waals surface area (Å²) in [4.78, 5) is 34.1. The van der Waals surface area contributed by atoms with Gasteiger partial charge in [-0.2, -0.15) is 0 Å². The van der Waals surface area contributed by atoms with Crippen molar-refractivity contribution in [2.75, 3.05) is 19.8 Å². The van der Waals surface area contributed by atoms with Crippen LogP contribution in [0.2, 0.25) is 0 Å². The summed E-state index contributed by atoms with van der Waals surface area (Å²) in [5.74, 6) is 0.312. The molecule has 2 unspecified atom stereocenters. The van der Waals surface area contributed by atoms with Crippen molar-refractivity contribution in [1.29, 1.82) is 0 Å². The van der Waals surface area contributed by atoms with Crippen molar-refractivity contribution in [1.82, 2.24) is 9.97 Å². The van der Waals surface area contributed by atoms with E-state index in [1.165, 1.54) is 16.6 Å². The molecule has 142 valence electrons. The molecular formula is C18H24N2O4S2. The van der Waals surface area contributed by atoms with Gasteiger partial charge in [-0.15, -0.1) is 11.3 Å². The fraction of sp³-hybridized carbons (Fsp3) is 0.611. The third kappa shape index (κ3) is 4.29. The van der Waals surface area contributed by atoms with Gasteiger partial charge in [0.05, 0.1) is 12.0 Å². The fourth-order valence-corrected chi connectivity index (χ4v) is 5.30. The van der Waals surface area contributed by atoms with Crippen molar-refractivity contribution in [3.05, 3.63) is 20.8 Å². The van der Waals surface area contributed by atoms with Gasteiger partial charge >= 0.3 is 5.97 Å². The van der Waals surface area contributed by atoms with E-state index in [2.05, 4.69) is 16.9 Å². The molecule has 2 atom stereocenters. The molecule has 0 amide bonds. The van der Waals surface area contributed by atoms with Crippen LogP contribution in [0.25, 0.3) is 10.2 Å². The van der Waals surface area contributed by atoms with Gasteiger partial charge in [-0.1, -0.05) is 18.7 Å². The van der Waals surface area contributed by atoms with Crippen LogP contribution in [0.15, 0.2) is 9.95 Å². The molecule has 3 rings (SSSR count). The Kier molecular flexibility index (Phi) is 6.37. The summed E-state index contributed by atoms with van der Waals surface area (Å²) < 4.78 is 10.3. The molecule has 1 N–H and O–H groups in total. The Balaban J connectivity index is 1.73. The highest BCUT2D eigenvalue weighted by Crippen LogP contribution is 2.36. The van der Waals surface area contributed by atoms with Gasteiger partial charge in [-0.05, 0) is 44.6 Å². The minimum Gasteiger partial charge on any atom is -0.462 e. The number of hydrogen-bond donors (Lipinski definition) is 1. The fourth-order valence-electron chi connectivity index (χ4n) is 3.06. The van der Waals surface area contributed by atoms with Crippen LogP contribution in [0.1, 0.15) is 37.6 Å². The third-order valence-electron chi connectivity index (χ3n) is 4.44. The lowest BCUT2D eigenvalue weighted by Gasteiger charge is -2.17. The number of ether oxygens (including phenoxy) is 2. The minimum absolute atomic E-state index is 0.110. The van der Waals surface area contributed by atoms with Crippen LogP contribution in [0.3, 0.4) is 0 Å². The standard InChI is InChI=1S/C18H24N2O4S2/c1-4-23-7-8-24-17(22)11(3)25-18-19-15(21)14-12-6-5-10(2)9-13(12)26-16(14)20-18/h10-11H,4-9H2,1-3H3,(H,19,20,21). The Morgan fingerprint density at radius 1 is 1.46 bits per heavy atom. The topological polar surface area (TPSA) is 81.3 Å². The number of carbonyl (C=O) groups is 1. The predicted octanol–water partition coefficient (Wildman–Crippen LogP) is 3.17. The van der Waals surface area contributed by atoms with Crippen LogP contribution in [-0.2, 0) is 27.1 Å². The van der Waals surface area contributed by atoms with Gasteiger partial charge in [0.2, 0.25) is 0 Å². The average Bonchev–Trinajstić information content (AvgIpc) is 2.96. The second kappa shape index (κ2) is 8.54. The summed E-state index contributed by atoms with van der Waals surface area (Å²) >= 11 is 2.83. The smallest absolute Gasteiger partial charge is 0.319 e. The first kappa shape index (κ1) is 19.4. The van der Waals surface area contributed by atoms with Crippen LogP contribution in [0, 0.1) is 5.92 Å². The number of fused-ring (bicyclic) bond motifs is 3. The molecule has 8 heteroatoms. The maximum absolute atomic E-state index is 12.6. The van der Waals surface area contributed by atoms with Crippen molar-refractivity contribution in [3.63, 3.8) is 0 Å². The first-order valence-electron chi connectivity index (χ1n) is 8.95. The maximum Gasteiger partial charge on any atom is 0.319 e. The summed E-state index contributed by atoms with van der Waals surface area (Å²) in [6.45, 7) is 7.10. The van der Waals surface area contributed by atoms with Crippen LogP contribution < -0.4 is 5.56 Å². The first-order valence-corrected chi connectivity index (χ1v) is 10.6. The van der Waals surface area contributed by atoms with E-state index in [1.54, 1.807) is 18.3 Å². The molecule has 0 aromatic carbocycles. The normalized spacial score (nSPS) is 17.9. The van der Waals surface area contributed by atoms with Gasteiger partial charge < -0.3 is 14.5 Å². The van der Waals surface area contributed by atoms with E-state index in [9.17, 15) is 9.59 Å². The van der Waals surface area contributed by atoms with E-state index in [4.69, 9.17) is 9.47 Å². The molecule has 1 aliphatic rings.